The molecule has 0 fully saturated rings. The third-order valence-electron chi connectivity index (χ3n) is 2.33. The van der Waals surface area contributed by atoms with Crippen LogP contribution >= 0.6 is 0 Å². The van der Waals surface area contributed by atoms with Gasteiger partial charge in [0, 0.05) is 19.5 Å². The Kier molecular flexibility index (Phi) is 5.44. The van der Waals surface area contributed by atoms with Crippen LogP contribution < -0.4 is 0 Å². The normalized spacial score (nSPS) is 10.8. The number of nitriles is 1. The molecular weight excluding hydrogens is 216 g/mol. The van der Waals surface area contributed by atoms with E-state index in [-0.39, 0.29) is 5.78 Å². The van der Waals surface area contributed by atoms with Gasteiger partial charge < -0.3 is 4.42 Å². The minimum Gasteiger partial charge on any atom is -0.461 e. The number of ketones is 1. The van der Waals surface area contributed by atoms with Gasteiger partial charge in [-0.3, -0.25) is 9.69 Å². The topological polar surface area (TPSA) is 57.2 Å². The van der Waals surface area contributed by atoms with E-state index in [0.717, 1.165) is 6.54 Å². The van der Waals surface area contributed by atoms with Gasteiger partial charge in [0.25, 0.3) is 0 Å². The van der Waals surface area contributed by atoms with Crippen LogP contribution in [0.3, 0.4) is 0 Å². The molecule has 0 aliphatic heterocycles. The maximum atomic E-state index is 11.8. The SMILES string of the molecule is CC(C)CN(CCC#N)CC(=O)c1ccco1. The van der Waals surface area contributed by atoms with Crippen LogP contribution in [0, 0.1) is 17.2 Å². The zero-order chi connectivity index (χ0) is 12.7. The van der Waals surface area contributed by atoms with Crippen molar-refractivity contribution in [2.45, 2.75) is 20.3 Å². The Labute approximate surface area is 102 Å². The van der Waals surface area contributed by atoms with Gasteiger partial charge in [-0.2, -0.15) is 5.26 Å². The fourth-order valence-electron chi connectivity index (χ4n) is 1.68. The van der Waals surface area contributed by atoms with Crippen LogP contribution in [0.1, 0.15) is 30.8 Å². The van der Waals surface area contributed by atoms with Crippen LogP contribution in [-0.2, 0) is 0 Å². The Bertz CT molecular complexity index is 377. The van der Waals surface area contributed by atoms with Gasteiger partial charge in [-0.25, -0.2) is 0 Å². The van der Waals surface area contributed by atoms with Gasteiger partial charge in [0.05, 0.1) is 18.9 Å². The molecule has 1 aromatic heterocycles. The summed E-state index contributed by atoms with van der Waals surface area (Å²) >= 11 is 0. The molecule has 4 nitrogen and oxygen atoms in total. The molecule has 0 bridgehead atoms. The highest BCUT2D eigenvalue weighted by Crippen LogP contribution is 2.05. The highest BCUT2D eigenvalue weighted by Gasteiger charge is 2.15. The molecule has 0 aliphatic carbocycles. The highest BCUT2D eigenvalue weighted by molar-refractivity contribution is 5.94. The van der Waals surface area contributed by atoms with Crippen molar-refractivity contribution >= 4 is 5.78 Å². The van der Waals surface area contributed by atoms with Gasteiger partial charge >= 0.3 is 0 Å². The second-order valence-electron chi connectivity index (χ2n) is 4.44. The maximum Gasteiger partial charge on any atom is 0.211 e. The Hall–Kier alpha value is -1.60. The molecule has 0 aromatic carbocycles. The van der Waals surface area contributed by atoms with Gasteiger partial charge in [0.15, 0.2) is 5.76 Å². The standard InChI is InChI=1S/C13H18N2O2/c1-11(2)9-15(7-4-6-14)10-12(16)13-5-3-8-17-13/h3,5,8,11H,4,7,9-10H2,1-2H3. The second-order valence-corrected chi connectivity index (χ2v) is 4.44. The van der Waals surface area contributed by atoms with Gasteiger partial charge in [0.2, 0.25) is 5.78 Å². The first kappa shape index (κ1) is 13.5. The largest absolute Gasteiger partial charge is 0.461 e. The van der Waals surface area contributed by atoms with E-state index in [2.05, 4.69) is 19.9 Å². The average molecular weight is 234 g/mol. The molecule has 1 heterocycles. The third kappa shape index (κ3) is 4.83. The van der Waals surface area contributed by atoms with Crippen LogP contribution in [0.15, 0.2) is 22.8 Å². The molecule has 92 valence electrons. The lowest BCUT2D eigenvalue weighted by molar-refractivity contribution is 0.0896. The first-order valence-corrected chi connectivity index (χ1v) is 5.79. The van der Waals surface area contributed by atoms with Crippen molar-refractivity contribution in [2.24, 2.45) is 5.92 Å². The Balaban J connectivity index is 2.53. The number of furan rings is 1. The van der Waals surface area contributed by atoms with Gasteiger partial charge in [-0.15, -0.1) is 0 Å². The van der Waals surface area contributed by atoms with Crippen molar-refractivity contribution in [1.82, 2.24) is 4.90 Å². The predicted molar refractivity (Wildman–Crippen MR) is 64.5 cm³/mol. The zero-order valence-corrected chi connectivity index (χ0v) is 10.3. The summed E-state index contributed by atoms with van der Waals surface area (Å²) in [5, 5.41) is 8.59. The first-order chi connectivity index (χ1) is 8.13. The van der Waals surface area contributed by atoms with E-state index >= 15 is 0 Å². The summed E-state index contributed by atoms with van der Waals surface area (Å²) in [6.45, 7) is 5.94. The molecule has 0 N–H and O–H groups in total. The van der Waals surface area contributed by atoms with Crippen LogP contribution in [0.4, 0.5) is 0 Å². The first-order valence-electron chi connectivity index (χ1n) is 5.79. The molecule has 0 amide bonds. The summed E-state index contributed by atoms with van der Waals surface area (Å²) < 4.78 is 5.06. The molecule has 1 rings (SSSR count). The monoisotopic (exact) mass is 234 g/mol. The van der Waals surface area contributed by atoms with Crippen molar-refractivity contribution < 1.29 is 9.21 Å². The molecule has 0 saturated carbocycles. The Morgan fingerprint density at radius 3 is 2.88 bits per heavy atom. The maximum absolute atomic E-state index is 11.8. The number of carbonyl (C=O) groups excluding carboxylic acids is 1. The molecule has 0 saturated heterocycles. The van der Waals surface area contributed by atoms with Crippen molar-refractivity contribution in [1.29, 1.82) is 5.26 Å². The van der Waals surface area contributed by atoms with E-state index in [1.54, 1.807) is 12.1 Å². The molecule has 0 unspecified atom stereocenters. The molecule has 0 aliphatic rings. The van der Waals surface area contributed by atoms with Crippen LogP contribution in [0.25, 0.3) is 0 Å². The minimum absolute atomic E-state index is 0.0337. The number of Topliss-reactive ketones (excluding diaryl/α,β-unsaturated/α-hetero) is 1. The van der Waals surface area contributed by atoms with E-state index in [4.69, 9.17) is 9.68 Å². The average Bonchev–Trinajstić information content (AvgIpc) is 2.78. The summed E-state index contributed by atoms with van der Waals surface area (Å²) in [5.41, 5.74) is 0. The molecule has 0 spiro atoms. The van der Waals surface area contributed by atoms with E-state index in [1.807, 2.05) is 4.90 Å². The van der Waals surface area contributed by atoms with E-state index in [0.29, 0.717) is 31.2 Å². The Morgan fingerprint density at radius 1 is 1.59 bits per heavy atom. The molecule has 0 atom stereocenters. The smallest absolute Gasteiger partial charge is 0.211 e. The number of carbonyl (C=O) groups is 1. The van der Waals surface area contributed by atoms with Crippen molar-refractivity contribution in [3.8, 4) is 6.07 Å². The summed E-state index contributed by atoms with van der Waals surface area (Å²) in [5.74, 6) is 0.822. The molecule has 0 radical (unpaired) electrons. The van der Waals surface area contributed by atoms with Gasteiger partial charge in [-0.1, -0.05) is 13.8 Å². The van der Waals surface area contributed by atoms with Crippen molar-refractivity contribution in [3.63, 3.8) is 0 Å². The minimum atomic E-state index is -0.0337. The number of hydrogen-bond acceptors (Lipinski definition) is 4. The summed E-state index contributed by atoms with van der Waals surface area (Å²) in [4.78, 5) is 13.8. The quantitative estimate of drug-likeness (QED) is 0.679. The fourth-order valence-corrected chi connectivity index (χ4v) is 1.68. The van der Waals surface area contributed by atoms with E-state index < -0.39 is 0 Å². The number of hydrogen-bond donors (Lipinski definition) is 0. The Morgan fingerprint density at radius 2 is 2.35 bits per heavy atom. The van der Waals surface area contributed by atoms with E-state index in [9.17, 15) is 4.79 Å². The van der Waals surface area contributed by atoms with Crippen LogP contribution in [-0.4, -0.2) is 30.3 Å². The van der Waals surface area contributed by atoms with Crippen molar-refractivity contribution in [2.75, 3.05) is 19.6 Å². The number of nitrogens with zero attached hydrogens (tertiary/aromatic N) is 2. The molecular formula is C13H18N2O2. The third-order valence-corrected chi connectivity index (χ3v) is 2.33. The van der Waals surface area contributed by atoms with Gasteiger partial charge in [0.1, 0.15) is 0 Å². The van der Waals surface area contributed by atoms with Crippen molar-refractivity contribution in [3.05, 3.63) is 24.2 Å². The molecule has 17 heavy (non-hydrogen) atoms. The lowest BCUT2D eigenvalue weighted by atomic mass is 10.2. The lowest BCUT2D eigenvalue weighted by Gasteiger charge is -2.21. The summed E-state index contributed by atoms with van der Waals surface area (Å²) in [7, 11) is 0. The fraction of sp³-hybridized carbons (Fsp3) is 0.538. The predicted octanol–water partition coefficient (Wildman–Crippen LogP) is 2.33. The van der Waals surface area contributed by atoms with Gasteiger partial charge in [-0.05, 0) is 18.1 Å². The van der Waals surface area contributed by atoms with Crippen LogP contribution in [0.5, 0.6) is 0 Å². The molecule has 4 heteroatoms. The van der Waals surface area contributed by atoms with E-state index in [1.165, 1.54) is 6.26 Å². The summed E-state index contributed by atoms with van der Waals surface area (Å²) in [6.07, 6.45) is 1.94. The van der Waals surface area contributed by atoms with Crippen LogP contribution in [0.2, 0.25) is 0 Å². The molecule has 1 aromatic rings. The highest BCUT2D eigenvalue weighted by atomic mass is 16.3. The number of rotatable bonds is 7. The second kappa shape index (κ2) is 6.87. The lowest BCUT2D eigenvalue weighted by Crippen LogP contribution is -2.33. The summed E-state index contributed by atoms with van der Waals surface area (Å²) in [6, 6.07) is 5.47. The zero-order valence-electron chi connectivity index (χ0n) is 10.3.